The molecule has 1 saturated heterocycles. The molecule has 8 nitrogen and oxygen atoms in total. The summed E-state index contributed by atoms with van der Waals surface area (Å²) in [5, 5.41) is 5.54. The van der Waals surface area contributed by atoms with Crippen molar-refractivity contribution in [3.8, 4) is 0 Å². The first-order valence-electron chi connectivity index (χ1n) is 11.0. The topological polar surface area (TPSA) is 105 Å². The molecule has 31 heavy (non-hydrogen) atoms. The molecule has 1 spiro atoms. The predicted molar refractivity (Wildman–Crippen MR) is 113 cm³/mol. The lowest BCUT2D eigenvalue weighted by Crippen LogP contribution is -2.49. The molecule has 4 amide bonds. The average Bonchev–Trinajstić information content (AvgIpc) is 3.28. The first-order valence-corrected chi connectivity index (χ1v) is 11.0. The zero-order chi connectivity index (χ0) is 22.2. The van der Waals surface area contributed by atoms with Crippen LogP contribution in [0.2, 0.25) is 0 Å². The number of carbonyl (C=O) groups is 4. The van der Waals surface area contributed by atoms with Crippen LogP contribution in [0.25, 0.3) is 0 Å². The summed E-state index contributed by atoms with van der Waals surface area (Å²) in [5.41, 5.74) is 2.29. The van der Waals surface area contributed by atoms with Gasteiger partial charge in [0, 0.05) is 5.69 Å². The summed E-state index contributed by atoms with van der Waals surface area (Å²) in [4.78, 5) is 50.9. The predicted octanol–water partition coefficient (Wildman–Crippen LogP) is 2.55. The summed E-state index contributed by atoms with van der Waals surface area (Å²) in [5.74, 6) is -1.11. The fourth-order valence-electron chi connectivity index (χ4n) is 4.72. The van der Waals surface area contributed by atoms with Crippen molar-refractivity contribution in [2.24, 2.45) is 5.92 Å². The number of nitrogens with zero attached hydrogens (tertiary/aromatic N) is 1. The Morgan fingerprint density at radius 3 is 2.68 bits per heavy atom. The number of esters is 1. The van der Waals surface area contributed by atoms with Crippen LogP contribution in [0.1, 0.15) is 57.1 Å². The summed E-state index contributed by atoms with van der Waals surface area (Å²) < 4.78 is 5.20. The average molecular weight is 428 g/mol. The van der Waals surface area contributed by atoms with Gasteiger partial charge in [-0.25, -0.2) is 4.79 Å². The summed E-state index contributed by atoms with van der Waals surface area (Å²) in [7, 11) is 0. The molecule has 2 fully saturated rings. The second-order valence-corrected chi connectivity index (χ2v) is 9.04. The Bertz CT molecular complexity index is 920. The molecule has 2 aliphatic carbocycles. The summed E-state index contributed by atoms with van der Waals surface area (Å²) >= 11 is 0. The molecule has 8 heteroatoms. The number of hydrogen-bond donors (Lipinski definition) is 2. The maximum absolute atomic E-state index is 12.8. The highest BCUT2D eigenvalue weighted by Gasteiger charge is 2.52. The normalized spacial score (nSPS) is 25.9. The molecular weight excluding hydrogens is 398 g/mol. The Morgan fingerprint density at radius 2 is 1.94 bits per heavy atom. The number of urea groups is 1. The summed E-state index contributed by atoms with van der Waals surface area (Å²) in [6.07, 6.45) is 4.97. The van der Waals surface area contributed by atoms with Crippen LogP contribution >= 0.6 is 0 Å². The first kappa shape index (κ1) is 21.3. The third kappa shape index (κ3) is 4.29. The van der Waals surface area contributed by atoms with Crippen molar-refractivity contribution in [3.05, 3.63) is 29.3 Å². The summed E-state index contributed by atoms with van der Waals surface area (Å²) in [6, 6.07) is 5.22. The van der Waals surface area contributed by atoms with Crippen LogP contribution < -0.4 is 10.6 Å². The van der Waals surface area contributed by atoms with Crippen molar-refractivity contribution in [1.29, 1.82) is 0 Å². The SMILES string of the molecule is CC1CCC2(CC1)NC(=O)N(CC(=O)OC(C)C(=O)Nc1ccc3c(c1)CCC3)C2=O. The van der Waals surface area contributed by atoms with E-state index in [1.54, 1.807) is 0 Å². The number of fused-ring (bicyclic) bond motifs is 1. The Labute approximate surface area is 181 Å². The molecule has 166 valence electrons. The molecule has 1 heterocycles. The van der Waals surface area contributed by atoms with Gasteiger partial charge in [0.25, 0.3) is 11.8 Å². The van der Waals surface area contributed by atoms with Gasteiger partial charge in [-0.2, -0.15) is 0 Å². The smallest absolute Gasteiger partial charge is 0.327 e. The zero-order valence-corrected chi connectivity index (χ0v) is 18.0. The minimum Gasteiger partial charge on any atom is -0.451 e. The molecule has 0 bridgehead atoms. The summed E-state index contributed by atoms with van der Waals surface area (Å²) in [6.45, 7) is 3.09. The number of benzene rings is 1. The lowest BCUT2D eigenvalue weighted by atomic mass is 9.77. The van der Waals surface area contributed by atoms with Crippen LogP contribution in [0.3, 0.4) is 0 Å². The van der Waals surface area contributed by atoms with Gasteiger partial charge in [-0.05, 0) is 81.0 Å². The number of rotatable bonds is 5. The Balaban J connectivity index is 1.31. The highest BCUT2D eigenvalue weighted by molar-refractivity contribution is 6.08. The van der Waals surface area contributed by atoms with Crippen LogP contribution in [0.5, 0.6) is 0 Å². The third-order valence-corrected chi connectivity index (χ3v) is 6.70. The molecule has 1 aromatic rings. The molecule has 1 saturated carbocycles. The van der Waals surface area contributed by atoms with Crippen LogP contribution in [-0.4, -0.2) is 46.9 Å². The van der Waals surface area contributed by atoms with Gasteiger partial charge in [0.2, 0.25) is 0 Å². The highest BCUT2D eigenvalue weighted by atomic mass is 16.5. The van der Waals surface area contributed by atoms with Crippen LogP contribution in [0.4, 0.5) is 10.5 Å². The molecule has 0 aromatic heterocycles. The van der Waals surface area contributed by atoms with Crippen molar-refractivity contribution in [2.45, 2.75) is 70.4 Å². The number of imide groups is 1. The van der Waals surface area contributed by atoms with Crippen molar-refractivity contribution >= 4 is 29.5 Å². The number of anilines is 1. The molecule has 2 N–H and O–H groups in total. The van der Waals surface area contributed by atoms with E-state index in [0.29, 0.717) is 24.4 Å². The first-order chi connectivity index (χ1) is 14.8. The number of aryl methyl sites for hydroxylation is 2. The zero-order valence-electron chi connectivity index (χ0n) is 18.0. The van der Waals surface area contributed by atoms with Gasteiger partial charge in [-0.3, -0.25) is 19.3 Å². The molecule has 3 aliphatic rings. The van der Waals surface area contributed by atoms with Crippen LogP contribution in [-0.2, 0) is 32.0 Å². The number of amides is 4. The minimum absolute atomic E-state index is 0.378. The number of ether oxygens (including phenoxy) is 1. The number of carbonyl (C=O) groups excluding carboxylic acids is 4. The standard InChI is InChI=1S/C23H29N3O5/c1-14-8-10-23(11-9-14)21(29)26(22(30)25-23)13-19(27)31-15(2)20(28)24-18-7-6-16-4-3-5-17(16)12-18/h6-7,12,14-15H,3-5,8-11,13H2,1-2H3,(H,24,28)(H,25,30). The Morgan fingerprint density at radius 1 is 1.23 bits per heavy atom. The fraction of sp³-hybridized carbons (Fsp3) is 0.565. The van der Waals surface area contributed by atoms with Gasteiger partial charge in [-0.15, -0.1) is 0 Å². The highest BCUT2D eigenvalue weighted by Crippen LogP contribution is 2.36. The van der Waals surface area contributed by atoms with Crippen LogP contribution in [0.15, 0.2) is 18.2 Å². The van der Waals surface area contributed by atoms with E-state index in [9.17, 15) is 19.2 Å². The molecule has 1 atom stereocenters. The van der Waals surface area contributed by atoms with E-state index in [1.165, 1.54) is 18.1 Å². The maximum Gasteiger partial charge on any atom is 0.327 e. The van der Waals surface area contributed by atoms with Gasteiger partial charge in [0.15, 0.2) is 6.10 Å². The molecule has 1 aliphatic heterocycles. The second-order valence-electron chi connectivity index (χ2n) is 9.04. The largest absolute Gasteiger partial charge is 0.451 e. The van der Waals surface area contributed by atoms with Crippen molar-refractivity contribution < 1.29 is 23.9 Å². The van der Waals surface area contributed by atoms with Crippen molar-refractivity contribution in [2.75, 3.05) is 11.9 Å². The van der Waals surface area contributed by atoms with Gasteiger partial charge < -0.3 is 15.4 Å². The van der Waals surface area contributed by atoms with Gasteiger partial charge in [0.1, 0.15) is 12.1 Å². The van der Waals surface area contributed by atoms with E-state index in [2.05, 4.69) is 17.6 Å². The van der Waals surface area contributed by atoms with E-state index in [0.717, 1.165) is 37.0 Å². The Hall–Kier alpha value is -2.90. The number of nitrogens with one attached hydrogen (secondary N) is 2. The lowest BCUT2D eigenvalue weighted by molar-refractivity contribution is -0.155. The van der Waals surface area contributed by atoms with Crippen molar-refractivity contribution in [1.82, 2.24) is 10.2 Å². The monoisotopic (exact) mass is 427 g/mol. The lowest BCUT2D eigenvalue weighted by Gasteiger charge is -2.33. The minimum atomic E-state index is -1.05. The van der Waals surface area contributed by atoms with E-state index < -0.39 is 36.1 Å². The van der Waals surface area contributed by atoms with E-state index >= 15 is 0 Å². The maximum atomic E-state index is 12.8. The molecule has 0 radical (unpaired) electrons. The fourth-order valence-corrected chi connectivity index (χ4v) is 4.72. The van der Waals surface area contributed by atoms with Crippen LogP contribution in [0, 0.1) is 5.92 Å². The molecular formula is C23H29N3O5. The van der Waals surface area contributed by atoms with Gasteiger partial charge in [0.05, 0.1) is 0 Å². The Kier molecular flexibility index (Phi) is 5.73. The van der Waals surface area contributed by atoms with E-state index in [-0.39, 0.29) is 5.91 Å². The number of hydrogen-bond acceptors (Lipinski definition) is 5. The molecule has 1 unspecified atom stereocenters. The quantitative estimate of drug-likeness (QED) is 0.555. The second kappa shape index (κ2) is 8.32. The third-order valence-electron chi connectivity index (χ3n) is 6.70. The van der Waals surface area contributed by atoms with Gasteiger partial charge >= 0.3 is 12.0 Å². The molecule has 1 aromatic carbocycles. The van der Waals surface area contributed by atoms with Crippen molar-refractivity contribution in [3.63, 3.8) is 0 Å². The molecule has 4 rings (SSSR count). The van der Waals surface area contributed by atoms with Gasteiger partial charge in [-0.1, -0.05) is 13.0 Å². The van der Waals surface area contributed by atoms with E-state index in [1.807, 2.05) is 18.2 Å². The van der Waals surface area contributed by atoms with E-state index in [4.69, 9.17) is 4.74 Å².